The number of hydrogen-bond donors (Lipinski definition) is 1. The Morgan fingerprint density at radius 3 is 2.85 bits per heavy atom. The largest absolute Gasteiger partial charge is 0.369 e. The Labute approximate surface area is 129 Å². The van der Waals surface area contributed by atoms with Crippen LogP contribution in [-0.2, 0) is 13.0 Å². The van der Waals surface area contributed by atoms with Crippen molar-refractivity contribution in [3.05, 3.63) is 57.4 Å². The number of halogens is 2. The Bertz CT molecular complexity index is 767. The maximum absolute atomic E-state index is 13.2. The first-order chi connectivity index (χ1) is 9.63. The fraction of sp³-hybridized carbons (Fsp3) is 0.133. The van der Waals surface area contributed by atoms with Crippen LogP contribution in [0.25, 0.3) is 11.0 Å². The van der Waals surface area contributed by atoms with Crippen LogP contribution in [0.15, 0.2) is 42.5 Å². The first kappa shape index (κ1) is 13.4. The SMILES string of the molecule is Nc1nc2cc(I)ccc2n1CCc1cccc(F)c1. The van der Waals surface area contributed by atoms with Crippen LogP contribution in [0, 0.1) is 9.39 Å². The third-order valence-corrected chi connectivity index (χ3v) is 3.92. The molecular weight excluding hydrogens is 368 g/mol. The quantitative estimate of drug-likeness (QED) is 0.705. The molecule has 0 aliphatic heterocycles. The van der Waals surface area contributed by atoms with Gasteiger partial charge in [-0.3, -0.25) is 0 Å². The molecule has 3 rings (SSSR count). The molecule has 5 heteroatoms. The van der Waals surface area contributed by atoms with Crippen LogP contribution in [0.5, 0.6) is 0 Å². The van der Waals surface area contributed by atoms with Gasteiger partial charge < -0.3 is 10.3 Å². The molecule has 3 nitrogen and oxygen atoms in total. The van der Waals surface area contributed by atoms with E-state index >= 15 is 0 Å². The van der Waals surface area contributed by atoms with Crippen molar-refractivity contribution >= 4 is 39.6 Å². The maximum Gasteiger partial charge on any atom is 0.201 e. The van der Waals surface area contributed by atoms with Gasteiger partial charge in [0.2, 0.25) is 5.95 Å². The number of rotatable bonds is 3. The van der Waals surface area contributed by atoms with Crippen molar-refractivity contribution in [1.29, 1.82) is 0 Å². The van der Waals surface area contributed by atoms with Crippen LogP contribution in [0.4, 0.5) is 10.3 Å². The van der Waals surface area contributed by atoms with E-state index in [1.807, 2.05) is 28.8 Å². The van der Waals surface area contributed by atoms with E-state index in [1.165, 1.54) is 6.07 Å². The molecule has 1 aromatic heterocycles. The van der Waals surface area contributed by atoms with Crippen molar-refractivity contribution < 1.29 is 4.39 Å². The van der Waals surface area contributed by atoms with E-state index in [0.717, 1.165) is 26.6 Å². The Morgan fingerprint density at radius 1 is 1.20 bits per heavy atom. The van der Waals surface area contributed by atoms with Crippen molar-refractivity contribution in [3.8, 4) is 0 Å². The molecule has 1 heterocycles. The van der Waals surface area contributed by atoms with Crippen molar-refractivity contribution in [2.75, 3.05) is 5.73 Å². The van der Waals surface area contributed by atoms with E-state index in [0.29, 0.717) is 12.5 Å². The summed E-state index contributed by atoms with van der Waals surface area (Å²) >= 11 is 2.25. The zero-order valence-electron chi connectivity index (χ0n) is 10.7. The summed E-state index contributed by atoms with van der Waals surface area (Å²) in [7, 11) is 0. The summed E-state index contributed by atoms with van der Waals surface area (Å²) in [5, 5.41) is 0. The molecule has 0 bridgehead atoms. The number of aromatic nitrogens is 2. The standard InChI is InChI=1S/C15H13FIN3/c16-11-3-1-2-10(8-11)6-7-20-14-5-4-12(17)9-13(14)19-15(20)18/h1-5,8-9H,6-7H2,(H2,18,19). The fourth-order valence-electron chi connectivity index (χ4n) is 2.29. The van der Waals surface area contributed by atoms with Crippen LogP contribution in [0.2, 0.25) is 0 Å². The van der Waals surface area contributed by atoms with E-state index in [-0.39, 0.29) is 5.82 Å². The lowest BCUT2D eigenvalue weighted by Crippen LogP contribution is -2.05. The lowest BCUT2D eigenvalue weighted by Gasteiger charge is -2.07. The van der Waals surface area contributed by atoms with Crippen molar-refractivity contribution in [2.24, 2.45) is 0 Å². The molecule has 102 valence electrons. The molecule has 0 unspecified atom stereocenters. The summed E-state index contributed by atoms with van der Waals surface area (Å²) in [6.45, 7) is 0.687. The average Bonchev–Trinajstić information content (AvgIpc) is 2.71. The van der Waals surface area contributed by atoms with Crippen molar-refractivity contribution in [3.63, 3.8) is 0 Å². The zero-order chi connectivity index (χ0) is 14.1. The van der Waals surface area contributed by atoms with Gasteiger partial charge in [0.15, 0.2) is 0 Å². The summed E-state index contributed by atoms with van der Waals surface area (Å²) in [6.07, 6.45) is 0.722. The first-order valence-electron chi connectivity index (χ1n) is 6.29. The van der Waals surface area contributed by atoms with Crippen LogP contribution >= 0.6 is 22.6 Å². The highest BCUT2D eigenvalue weighted by Gasteiger charge is 2.08. The molecular formula is C15H13FIN3. The van der Waals surface area contributed by atoms with Gasteiger partial charge in [-0.25, -0.2) is 9.37 Å². The van der Waals surface area contributed by atoms with Gasteiger partial charge in [-0.2, -0.15) is 0 Å². The van der Waals surface area contributed by atoms with Crippen LogP contribution < -0.4 is 5.73 Å². The smallest absolute Gasteiger partial charge is 0.201 e. The minimum absolute atomic E-state index is 0.208. The van der Waals surface area contributed by atoms with Crippen LogP contribution in [0.3, 0.4) is 0 Å². The molecule has 0 saturated heterocycles. The molecule has 0 aliphatic rings. The van der Waals surface area contributed by atoms with E-state index < -0.39 is 0 Å². The molecule has 3 aromatic rings. The normalized spacial score (nSPS) is 11.1. The number of hydrogen-bond acceptors (Lipinski definition) is 2. The molecule has 0 radical (unpaired) electrons. The van der Waals surface area contributed by atoms with Gasteiger partial charge in [-0.05, 0) is 64.9 Å². The van der Waals surface area contributed by atoms with Crippen molar-refractivity contribution in [1.82, 2.24) is 9.55 Å². The number of imidazole rings is 1. The van der Waals surface area contributed by atoms with Gasteiger partial charge >= 0.3 is 0 Å². The molecule has 0 saturated carbocycles. The highest BCUT2D eigenvalue weighted by molar-refractivity contribution is 14.1. The van der Waals surface area contributed by atoms with E-state index in [1.54, 1.807) is 12.1 Å². The minimum Gasteiger partial charge on any atom is -0.369 e. The molecule has 0 amide bonds. The monoisotopic (exact) mass is 381 g/mol. The highest BCUT2D eigenvalue weighted by Crippen LogP contribution is 2.21. The predicted octanol–water partition coefficient (Wildman–Crippen LogP) is 3.60. The van der Waals surface area contributed by atoms with Crippen LogP contribution in [-0.4, -0.2) is 9.55 Å². The van der Waals surface area contributed by atoms with Gasteiger partial charge in [0.25, 0.3) is 0 Å². The highest BCUT2D eigenvalue weighted by atomic mass is 127. The van der Waals surface area contributed by atoms with E-state index in [9.17, 15) is 4.39 Å². The second-order valence-electron chi connectivity index (χ2n) is 4.63. The second kappa shape index (κ2) is 5.40. The maximum atomic E-state index is 13.2. The molecule has 2 N–H and O–H groups in total. The molecule has 0 aliphatic carbocycles. The Morgan fingerprint density at radius 2 is 2.05 bits per heavy atom. The molecule has 0 atom stereocenters. The first-order valence-corrected chi connectivity index (χ1v) is 7.37. The number of anilines is 1. The number of nitrogens with zero attached hydrogens (tertiary/aromatic N) is 2. The van der Waals surface area contributed by atoms with E-state index in [2.05, 4.69) is 27.6 Å². The summed E-state index contributed by atoms with van der Waals surface area (Å²) in [4.78, 5) is 4.37. The topological polar surface area (TPSA) is 43.8 Å². The van der Waals surface area contributed by atoms with E-state index in [4.69, 9.17) is 5.73 Å². The van der Waals surface area contributed by atoms with Gasteiger partial charge in [0.1, 0.15) is 5.82 Å². The summed E-state index contributed by atoms with van der Waals surface area (Å²) < 4.78 is 16.3. The van der Waals surface area contributed by atoms with Crippen molar-refractivity contribution in [2.45, 2.75) is 13.0 Å². The number of nitrogens with two attached hydrogens (primary N) is 1. The summed E-state index contributed by atoms with van der Waals surface area (Å²) in [5.74, 6) is 0.291. The number of fused-ring (bicyclic) bond motifs is 1. The molecule has 2 aromatic carbocycles. The molecule has 20 heavy (non-hydrogen) atoms. The Balaban J connectivity index is 1.89. The molecule has 0 spiro atoms. The summed E-state index contributed by atoms with van der Waals surface area (Å²) in [5.41, 5.74) is 8.84. The van der Waals surface area contributed by atoms with Gasteiger partial charge in [0.05, 0.1) is 11.0 Å². The minimum atomic E-state index is -0.208. The fourth-order valence-corrected chi connectivity index (χ4v) is 2.76. The predicted molar refractivity (Wildman–Crippen MR) is 87.0 cm³/mol. The van der Waals surface area contributed by atoms with Gasteiger partial charge in [-0.1, -0.05) is 12.1 Å². The van der Waals surface area contributed by atoms with Gasteiger partial charge in [-0.15, -0.1) is 0 Å². The Hall–Kier alpha value is -1.63. The number of aryl methyl sites for hydroxylation is 2. The Kier molecular flexibility index (Phi) is 3.60. The second-order valence-corrected chi connectivity index (χ2v) is 5.88. The number of nitrogen functional groups attached to an aromatic ring is 1. The third kappa shape index (κ3) is 2.63. The number of benzene rings is 2. The van der Waals surface area contributed by atoms with Crippen LogP contribution in [0.1, 0.15) is 5.56 Å². The lowest BCUT2D eigenvalue weighted by molar-refractivity contribution is 0.623. The average molecular weight is 381 g/mol. The van der Waals surface area contributed by atoms with Gasteiger partial charge in [0, 0.05) is 10.1 Å². The zero-order valence-corrected chi connectivity index (χ0v) is 12.8. The summed E-state index contributed by atoms with van der Waals surface area (Å²) in [6, 6.07) is 12.7. The molecule has 0 fully saturated rings. The lowest BCUT2D eigenvalue weighted by atomic mass is 10.1. The third-order valence-electron chi connectivity index (χ3n) is 3.25.